The number of esters is 1. The summed E-state index contributed by atoms with van der Waals surface area (Å²) in [4.78, 5) is 11.8. The van der Waals surface area contributed by atoms with Gasteiger partial charge >= 0.3 is 5.97 Å². The van der Waals surface area contributed by atoms with E-state index in [9.17, 15) is 4.79 Å². The normalized spacial score (nSPS) is 10.7. The predicted octanol–water partition coefficient (Wildman–Crippen LogP) is 5.09. The van der Waals surface area contributed by atoms with E-state index in [1.54, 1.807) is 0 Å². The lowest BCUT2D eigenvalue weighted by molar-refractivity contribution is 0.0600. The minimum atomic E-state index is -0.295. The van der Waals surface area contributed by atoms with Gasteiger partial charge in [-0.1, -0.05) is 54.6 Å². The second kappa shape index (κ2) is 9.34. The Bertz CT molecular complexity index is 908. The molecular weight excluding hydrogens is 346 g/mol. The van der Waals surface area contributed by atoms with Crippen molar-refractivity contribution in [2.75, 3.05) is 13.7 Å². The minimum Gasteiger partial charge on any atom is -0.465 e. The van der Waals surface area contributed by atoms with Crippen LogP contribution in [0.3, 0.4) is 0 Å². The molecule has 0 saturated heterocycles. The highest BCUT2D eigenvalue weighted by molar-refractivity contribution is 5.91. The van der Waals surface area contributed by atoms with E-state index >= 15 is 0 Å². The predicted molar refractivity (Wildman–Crippen MR) is 115 cm³/mol. The lowest BCUT2D eigenvalue weighted by atomic mass is 9.93. The molecule has 0 unspecified atom stereocenters. The summed E-state index contributed by atoms with van der Waals surface area (Å²) in [5.74, 6) is -0.295. The van der Waals surface area contributed by atoms with E-state index in [1.807, 2.05) is 32.0 Å². The monoisotopic (exact) mass is 373 g/mol. The molecule has 0 aliphatic rings. The van der Waals surface area contributed by atoms with Gasteiger partial charge in [0.2, 0.25) is 0 Å². The molecule has 0 amide bonds. The molecule has 0 fully saturated rings. The fraction of sp³-hybridized carbons (Fsp3) is 0.240. The fourth-order valence-electron chi connectivity index (χ4n) is 3.55. The zero-order valence-electron chi connectivity index (χ0n) is 16.8. The quantitative estimate of drug-likeness (QED) is 0.463. The van der Waals surface area contributed by atoms with Crippen LogP contribution in [-0.2, 0) is 17.7 Å². The largest absolute Gasteiger partial charge is 0.465 e. The average molecular weight is 373 g/mol. The van der Waals surface area contributed by atoms with Gasteiger partial charge in [0.15, 0.2) is 0 Å². The maximum atomic E-state index is 11.8. The number of aryl methyl sites for hydroxylation is 2. The molecule has 0 radical (unpaired) electrons. The van der Waals surface area contributed by atoms with Crippen molar-refractivity contribution < 1.29 is 9.53 Å². The summed E-state index contributed by atoms with van der Waals surface area (Å²) in [7, 11) is 1.41. The molecule has 0 atom stereocenters. The first kappa shape index (κ1) is 19.8. The Kier molecular flexibility index (Phi) is 6.62. The first-order valence-electron chi connectivity index (χ1n) is 9.62. The van der Waals surface area contributed by atoms with Gasteiger partial charge < -0.3 is 10.1 Å². The molecule has 0 heterocycles. The van der Waals surface area contributed by atoms with Crippen LogP contribution in [0.4, 0.5) is 0 Å². The standard InChI is InChI=1S/C25H27NO2/c1-18-15-23(25(27)28-3)16-19(2)24(18)22-11-9-20(10-12-22)13-14-26-17-21-7-5-4-6-8-21/h4-12,15-16,26H,13-14,17H2,1-3H3. The van der Waals surface area contributed by atoms with E-state index in [-0.39, 0.29) is 5.97 Å². The molecule has 3 heteroatoms. The topological polar surface area (TPSA) is 38.3 Å². The van der Waals surface area contributed by atoms with Gasteiger partial charge in [-0.25, -0.2) is 4.79 Å². The van der Waals surface area contributed by atoms with Gasteiger partial charge in [-0.3, -0.25) is 0 Å². The maximum Gasteiger partial charge on any atom is 0.337 e. The first-order chi connectivity index (χ1) is 13.6. The van der Waals surface area contributed by atoms with Gasteiger partial charge in [0.1, 0.15) is 0 Å². The minimum absolute atomic E-state index is 0.295. The Labute approximate surface area is 167 Å². The molecule has 1 N–H and O–H groups in total. The Morgan fingerprint density at radius 1 is 0.893 bits per heavy atom. The Morgan fingerprint density at radius 2 is 1.54 bits per heavy atom. The van der Waals surface area contributed by atoms with Crippen molar-refractivity contribution in [3.63, 3.8) is 0 Å². The molecule has 144 valence electrons. The highest BCUT2D eigenvalue weighted by Crippen LogP contribution is 2.29. The Morgan fingerprint density at radius 3 is 2.14 bits per heavy atom. The van der Waals surface area contributed by atoms with Gasteiger partial charge in [-0.2, -0.15) is 0 Å². The molecule has 3 aromatic rings. The number of hydrogen-bond donors (Lipinski definition) is 1. The molecule has 0 aromatic heterocycles. The van der Waals surface area contributed by atoms with Gasteiger partial charge in [0.25, 0.3) is 0 Å². The molecule has 0 aliphatic carbocycles. The average Bonchev–Trinajstić information content (AvgIpc) is 2.72. The van der Waals surface area contributed by atoms with E-state index in [1.165, 1.54) is 29.4 Å². The number of hydrogen-bond acceptors (Lipinski definition) is 3. The molecule has 0 aliphatic heterocycles. The maximum absolute atomic E-state index is 11.8. The third-order valence-electron chi connectivity index (χ3n) is 4.96. The fourth-order valence-corrected chi connectivity index (χ4v) is 3.55. The van der Waals surface area contributed by atoms with Crippen molar-refractivity contribution in [3.05, 3.63) is 94.5 Å². The highest BCUT2D eigenvalue weighted by atomic mass is 16.5. The van der Waals surface area contributed by atoms with E-state index in [0.717, 1.165) is 30.6 Å². The highest BCUT2D eigenvalue weighted by Gasteiger charge is 2.12. The van der Waals surface area contributed by atoms with Crippen LogP contribution >= 0.6 is 0 Å². The van der Waals surface area contributed by atoms with Crippen LogP contribution in [0.15, 0.2) is 66.7 Å². The van der Waals surface area contributed by atoms with Crippen LogP contribution in [0.1, 0.15) is 32.6 Å². The van der Waals surface area contributed by atoms with Crippen molar-refractivity contribution in [2.24, 2.45) is 0 Å². The lowest BCUT2D eigenvalue weighted by Crippen LogP contribution is -2.16. The lowest BCUT2D eigenvalue weighted by Gasteiger charge is -2.13. The number of ether oxygens (including phenoxy) is 1. The number of carbonyl (C=O) groups is 1. The summed E-state index contributed by atoms with van der Waals surface area (Å²) in [5.41, 5.74) is 7.73. The van der Waals surface area contributed by atoms with Crippen LogP contribution in [0, 0.1) is 13.8 Å². The number of carbonyl (C=O) groups excluding carboxylic acids is 1. The molecule has 0 bridgehead atoms. The summed E-state index contributed by atoms with van der Waals surface area (Å²) in [6.07, 6.45) is 0.992. The number of rotatable bonds is 7. The molecule has 3 aromatic carbocycles. The SMILES string of the molecule is COC(=O)c1cc(C)c(-c2ccc(CCNCc3ccccc3)cc2)c(C)c1. The molecule has 3 nitrogen and oxygen atoms in total. The summed E-state index contributed by atoms with van der Waals surface area (Å²) < 4.78 is 4.84. The summed E-state index contributed by atoms with van der Waals surface area (Å²) in [5, 5.41) is 3.49. The smallest absolute Gasteiger partial charge is 0.337 e. The summed E-state index contributed by atoms with van der Waals surface area (Å²) >= 11 is 0. The zero-order chi connectivity index (χ0) is 19.9. The van der Waals surface area contributed by atoms with Crippen LogP contribution in [-0.4, -0.2) is 19.6 Å². The van der Waals surface area contributed by atoms with Crippen molar-refractivity contribution in [2.45, 2.75) is 26.8 Å². The summed E-state index contributed by atoms with van der Waals surface area (Å²) in [6, 6.07) is 23.0. The van der Waals surface area contributed by atoms with Crippen LogP contribution in [0.2, 0.25) is 0 Å². The van der Waals surface area contributed by atoms with E-state index < -0.39 is 0 Å². The van der Waals surface area contributed by atoms with Crippen LogP contribution < -0.4 is 5.32 Å². The molecule has 0 spiro atoms. The van der Waals surface area contributed by atoms with Crippen molar-refractivity contribution >= 4 is 5.97 Å². The molecule has 0 saturated carbocycles. The Balaban J connectivity index is 1.63. The second-order valence-electron chi connectivity index (χ2n) is 7.09. The molecular formula is C25H27NO2. The first-order valence-corrected chi connectivity index (χ1v) is 9.62. The van der Waals surface area contributed by atoms with Crippen molar-refractivity contribution in [1.29, 1.82) is 0 Å². The van der Waals surface area contributed by atoms with Gasteiger partial charge in [-0.15, -0.1) is 0 Å². The molecule has 3 rings (SSSR count). The van der Waals surface area contributed by atoms with Crippen molar-refractivity contribution in [3.8, 4) is 11.1 Å². The third kappa shape index (κ3) is 4.87. The van der Waals surface area contributed by atoms with Crippen LogP contribution in [0.25, 0.3) is 11.1 Å². The third-order valence-corrected chi connectivity index (χ3v) is 4.96. The van der Waals surface area contributed by atoms with Gasteiger partial charge in [0.05, 0.1) is 12.7 Å². The zero-order valence-corrected chi connectivity index (χ0v) is 16.8. The van der Waals surface area contributed by atoms with E-state index in [0.29, 0.717) is 5.56 Å². The second-order valence-corrected chi connectivity index (χ2v) is 7.09. The number of benzene rings is 3. The number of methoxy groups -OCH3 is 1. The number of nitrogens with one attached hydrogen (secondary N) is 1. The molecule has 28 heavy (non-hydrogen) atoms. The summed E-state index contributed by atoms with van der Waals surface area (Å²) in [6.45, 7) is 5.91. The Hall–Kier alpha value is -2.91. The van der Waals surface area contributed by atoms with E-state index in [4.69, 9.17) is 4.74 Å². The van der Waals surface area contributed by atoms with Gasteiger partial charge in [0, 0.05) is 6.54 Å². The van der Waals surface area contributed by atoms with Crippen LogP contribution in [0.5, 0.6) is 0 Å². The van der Waals surface area contributed by atoms with Gasteiger partial charge in [-0.05, 0) is 72.3 Å². The van der Waals surface area contributed by atoms with Crippen molar-refractivity contribution in [1.82, 2.24) is 5.32 Å². The van der Waals surface area contributed by atoms with E-state index in [2.05, 4.69) is 53.8 Å².